The number of carboxylic acids is 1. The lowest BCUT2D eigenvalue weighted by Gasteiger charge is -2.35. The Hall–Kier alpha value is -2.19. The number of carbonyl (C=O) groups is 2. The van der Waals surface area contributed by atoms with Gasteiger partial charge in [-0.2, -0.15) is 0 Å². The zero-order valence-electron chi connectivity index (χ0n) is 14.0. The second kappa shape index (κ2) is 7.59. The molecule has 1 N–H and O–H groups in total. The van der Waals surface area contributed by atoms with Crippen molar-refractivity contribution in [3.8, 4) is 0 Å². The fourth-order valence-corrected chi connectivity index (χ4v) is 3.99. The number of hydrogen-bond acceptors (Lipinski definition) is 5. The van der Waals surface area contributed by atoms with Crippen molar-refractivity contribution in [1.29, 1.82) is 0 Å². The van der Waals surface area contributed by atoms with Crippen LogP contribution in [-0.2, 0) is 9.53 Å². The van der Waals surface area contributed by atoms with Gasteiger partial charge in [-0.25, -0.2) is 0 Å². The Kier molecular flexibility index (Phi) is 5.43. The highest BCUT2D eigenvalue weighted by atomic mass is 35.5. The SMILES string of the molecule is O=C(O)C1CCO[C@H]1C1CCN(C(=O)c2ccc([N+](=O)[O-])cc2Cl)CC1. The Balaban J connectivity index is 1.64. The highest BCUT2D eigenvalue weighted by molar-refractivity contribution is 6.34. The summed E-state index contributed by atoms with van der Waals surface area (Å²) >= 11 is 6.04. The smallest absolute Gasteiger partial charge is 0.309 e. The second-order valence-electron chi connectivity index (χ2n) is 6.62. The minimum Gasteiger partial charge on any atom is -0.481 e. The highest BCUT2D eigenvalue weighted by Gasteiger charge is 2.41. The molecule has 2 atom stereocenters. The van der Waals surface area contributed by atoms with Crippen LogP contribution in [0.25, 0.3) is 0 Å². The Morgan fingerprint density at radius 1 is 1.27 bits per heavy atom. The van der Waals surface area contributed by atoms with Gasteiger partial charge in [0.15, 0.2) is 0 Å². The minimum atomic E-state index is -0.830. The number of halogens is 1. The quantitative estimate of drug-likeness (QED) is 0.633. The molecule has 8 nitrogen and oxygen atoms in total. The van der Waals surface area contributed by atoms with E-state index in [1.54, 1.807) is 4.90 Å². The van der Waals surface area contributed by atoms with Crippen molar-refractivity contribution in [2.75, 3.05) is 19.7 Å². The number of amides is 1. The number of benzene rings is 1. The number of carbonyl (C=O) groups excluding carboxylic acids is 1. The molecule has 9 heteroatoms. The van der Waals surface area contributed by atoms with E-state index >= 15 is 0 Å². The van der Waals surface area contributed by atoms with E-state index in [-0.39, 0.29) is 34.2 Å². The zero-order chi connectivity index (χ0) is 18.8. The van der Waals surface area contributed by atoms with Crippen LogP contribution in [0.3, 0.4) is 0 Å². The molecule has 1 aromatic carbocycles. The molecule has 0 aromatic heterocycles. The molecule has 140 valence electrons. The van der Waals surface area contributed by atoms with Crippen LogP contribution in [-0.4, -0.2) is 52.6 Å². The third kappa shape index (κ3) is 3.66. The predicted octanol–water partition coefficient (Wildman–Crippen LogP) is 2.59. The molecule has 3 rings (SSSR count). The van der Waals surface area contributed by atoms with Crippen molar-refractivity contribution < 1.29 is 24.4 Å². The number of nitro groups is 1. The number of piperidine rings is 1. The van der Waals surface area contributed by atoms with Crippen molar-refractivity contribution in [3.63, 3.8) is 0 Å². The molecule has 1 unspecified atom stereocenters. The summed E-state index contributed by atoms with van der Waals surface area (Å²) < 4.78 is 5.63. The molecule has 0 bridgehead atoms. The fraction of sp³-hybridized carbons (Fsp3) is 0.529. The zero-order valence-corrected chi connectivity index (χ0v) is 14.7. The third-order valence-electron chi connectivity index (χ3n) is 5.14. The Labute approximate surface area is 154 Å². The van der Waals surface area contributed by atoms with E-state index in [0.29, 0.717) is 39.0 Å². The van der Waals surface area contributed by atoms with Crippen LogP contribution >= 0.6 is 11.6 Å². The van der Waals surface area contributed by atoms with Gasteiger partial charge in [-0.15, -0.1) is 0 Å². The van der Waals surface area contributed by atoms with Gasteiger partial charge < -0.3 is 14.7 Å². The summed E-state index contributed by atoms with van der Waals surface area (Å²) in [5.41, 5.74) is 0.0691. The normalized spacial score (nSPS) is 23.8. The van der Waals surface area contributed by atoms with Crippen LogP contribution in [0.15, 0.2) is 18.2 Å². The van der Waals surface area contributed by atoms with E-state index in [4.69, 9.17) is 16.3 Å². The van der Waals surface area contributed by atoms with Crippen LogP contribution in [0.1, 0.15) is 29.6 Å². The Bertz CT molecular complexity index is 732. The van der Waals surface area contributed by atoms with Gasteiger partial charge in [0.1, 0.15) is 0 Å². The molecule has 26 heavy (non-hydrogen) atoms. The number of nitro benzene ring substituents is 1. The van der Waals surface area contributed by atoms with Crippen molar-refractivity contribution in [1.82, 2.24) is 4.90 Å². The predicted molar refractivity (Wildman–Crippen MR) is 92.2 cm³/mol. The summed E-state index contributed by atoms with van der Waals surface area (Å²) in [5.74, 6) is -1.48. The van der Waals surface area contributed by atoms with Gasteiger partial charge in [0.2, 0.25) is 0 Å². The summed E-state index contributed by atoms with van der Waals surface area (Å²) in [6, 6.07) is 3.80. The van der Waals surface area contributed by atoms with Crippen molar-refractivity contribution >= 4 is 29.2 Å². The van der Waals surface area contributed by atoms with Gasteiger partial charge in [-0.3, -0.25) is 19.7 Å². The second-order valence-corrected chi connectivity index (χ2v) is 7.03. The van der Waals surface area contributed by atoms with Gasteiger partial charge in [0, 0.05) is 31.8 Å². The topological polar surface area (TPSA) is 110 Å². The lowest BCUT2D eigenvalue weighted by atomic mass is 9.84. The minimum absolute atomic E-state index is 0.0522. The standard InChI is InChI=1S/C17H19ClN2O6/c18-14-9-11(20(24)25)1-2-12(14)16(21)19-6-3-10(4-7-19)15-13(17(22)23)5-8-26-15/h1-2,9-10,13,15H,3-8H2,(H,22,23)/t13?,15-/m0/s1. The number of ether oxygens (including phenoxy) is 1. The average Bonchev–Trinajstić information content (AvgIpc) is 3.11. The monoisotopic (exact) mass is 382 g/mol. The van der Waals surface area contributed by atoms with Crippen molar-refractivity contribution in [2.24, 2.45) is 11.8 Å². The largest absolute Gasteiger partial charge is 0.481 e. The van der Waals surface area contributed by atoms with E-state index in [1.165, 1.54) is 18.2 Å². The number of likely N-dealkylation sites (tertiary alicyclic amines) is 1. The van der Waals surface area contributed by atoms with Crippen LogP contribution in [0.2, 0.25) is 5.02 Å². The van der Waals surface area contributed by atoms with Gasteiger partial charge in [-0.05, 0) is 31.2 Å². The molecule has 2 aliphatic heterocycles. The van der Waals surface area contributed by atoms with Gasteiger partial charge in [-0.1, -0.05) is 11.6 Å². The molecule has 2 heterocycles. The van der Waals surface area contributed by atoms with Crippen LogP contribution in [0.5, 0.6) is 0 Å². The van der Waals surface area contributed by atoms with Crippen LogP contribution in [0.4, 0.5) is 5.69 Å². The lowest BCUT2D eigenvalue weighted by molar-refractivity contribution is -0.384. The molecule has 0 saturated carbocycles. The maximum absolute atomic E-state index is 12.6. The maximum atomic E-state index is 12.6. The van der Waals surface area contributed by atoms with E-state index < -0.39 is 16.8 Å². The molecule has 2 aliphatic rings. The summed E-state index contributed by atoms with van der Waals surface area (Å²) in [6.07, 6.45) is 1.54. The number of carboxylic acid groups (broad SMARTS) is 1. The first-order chi connectivity index (χ1) is 12.4. The first kappa shape index (κ1) is 18.6. The molecular formula is C17H19ClN2O6. The average molecular weight is 383 g/mol. The molecule has 1 aromatic rings. The Morgan fingerprint density at radius 3 is 2.54 bits per heavy atom. The number of nitrogens with zero attached hydrogens (tertiary/aromatic N) is 2. The molecule has 0 aliphatic carbocycles. The molecule has 2 fully saturated rings. The number of aliphatic carboxylic acids is 1. The van der Waals surface area contributed by atoms with Crippen molar-refractivity contribution in [3.05, 3.63) is 38.9 Å². The molecule has 1 amide bonds. The van der Waals surface area contributed by atoms with Crippen LogP contribution < -0.4 is 0 Å². The first-order valence-electron chi connectivity index (χ1n) is 8.46. The maximum Gasteiger partial charge on any atom is 0.309 e. The van der Waals surface area contributed by atoms with E-state index in [0.717, 1.165) is 0 Å². The Morgan fingerprint density at radius 2 is 1.96 bits per heavy atom. The van der Waals surface area contributed by atoms with Crippen LogP contribution in [0, 0.1) is 22.0 Å². The van der Waals surface area contributed by atoms with E-state index in [9.17, 15) is 24.8 Å². The highest BCUT2D eigenvalue weighted by Crippen LogP contribution is 2.34. The summed E-state index contributed by atoms with van der Waals surface area (Å²) in [6.45, 7) is 1.41. The molecule has 0 radical (unpaired) electrons. The number of hydrogen-bond donors (Lipinski definition) is 1. The summed E-state index contributed by atoms with van der Waals surface area (Å²) in [4.78, 5) is 35.8. The van der Waals surface area contributed by atoms with Gasteiger partial charge in [0.25, 0.3) is 11.6 Å². The first-order valence-corrected chi connectivity index (χ1v) is 8.84. The third-order valence-corrected chi connectivity index (χ3v) is 5.45. The summed E-state index contributed by atoms with van der Waals surface area (Å²) in [5, 5.41) is 20.1. The molecule has 2 saturated heterocycles. The summed E-state index contributed by atoms with van der Waals surface area (Å²) in [7, 11) is 0. The molecule has 0 spiro atoms. The van der Waals surface area contributed by atoms with E-state index in [1.807, 2.05) is 0 Å². The van der Waals surface area contributed by atoms with Crippen molar-refractivity contribution in [2.45, 2.75) is 25.4 Å². The number of rotatable bonds is 4. The number of non-ortho nitro benzene ring substituents is 1. The van der Waals surface area contributed by atoms with Gasteiger partial charge in [0.05, 0.1) is 27.5 Å². The van der Waals surface area contributed by atoms with Gasteiger partial charge >= 0.3 is 5.97 Å². The molecular weight excluding hydrogens is 364 g/mol. The van der Waals surface area contributed by atoms with E-state index in [2.05, 4.69) is 0 Å². The lowest BCUT2D eigenvalue weighted by Crippen LogP contribution is -2.43. The fourth-order valence-electron chi connectivity index (χ4n) is 3.73.